The van der Waals surface area contributed by atoms with E-state index >= 15 is 0 Å². The zero-order chi connectivity index (χ0) is 14.8. The molecule has 4 bridgehead atoms. The monoisotopic (exact) mass is 414 g/mol. The minimum atomic E-state index is -1.52. The maximum Gasteiger partial charge on any atom is 0.166 e. The third-order valence-corrected chi connectivity index (χ3v) is 10.6. The Hall–Kier alpha value is 1.73. The average Bonchev–Trinajstić information content (AvgIpc) is 2.97. The Morgan fingerprint density at radius 1 is 0.900 bits per heavy atom. The number of aliphatic hydroxyl groups excluding tert-OH is 1. The van der Waals surface area contributed by atoms with Gasteiger partial charge in [0.2, 0.25) is 0 Å². The molecule has 4 rings (SSSR count). The molecule has 3 saturated carbocycles. The number of halogens is 7. The molecule has 112 valence electrons. The van der Waals surface area contributed by atoms with Crippen LogP contribution >= 0.6 is 81.2 Å². The highest BCUT2D eigenvalue weighted by Gasteiger charge is 2.87. The van der Waals surface area contributed by atoms with E-state index in [1.54, 1.807) is 0 Å². The normalized spacial score (nSPS) is 62.4. The molecule has 0 unspecified atom stereocenters. The molecule has 0 aromatic carbocycles. The van der Waals surface area contributed by atoms with E-state index in [-0.39, 0.29) is 39.1 Å². The fourth-order valence-electron chi connectivity index (χ4n) is 4.97. The number of alkyl halides is 5. The fraction of sp³-hybridized carbons (Fsp3) is 0.833. The molecule has 0 spiro atoms. The lowest BCUT2D eigenvalue weighted by Crippen LogP contribution is -2.48. The molecule has 0 aromatic heterocycles. The molecule has 8 heteroatoms. The van der Waals surface area contributed by atoms with Crippen molar-refractivity contribution in [2.24, 2.45) is 23.7 Å². The second-order valence-corrected chi connectivity index (χ2v) is 9.96. The minimum absolute atomic E-state index is 0.0183. The summed E-state index contributed by atoms with van der Waals surface area (Å²) in [5, 5.41) is 10.3. The molecule has 0 aliphatic heterocycles. The lowest BCUT2D eigenvalue weighted by atomic mass is 9.71. The number of allylic oxidation sites excluding steroid dienone is 2. The van der Waals surface area contributed by atoms with Crippen molar-refractivity contribution in [3.63, 3.8) is 0 Å². The Balaban J connectivity index is 1.98. The first-order valence-electron chi connectivity index (χ1n) is 6.25. The van der Waals surface area contributed by atoms with E-state index in [1.807, 2.05) is 0 Å². The molecule has 8 atom stereocenters. The number of hydrogen-bond donors (Lipinski definition) is 1. The smallest absolute Gasteiger partial charge is 0.166 e. The number of rotatable bonds is 0. The molecule has 1 N–H and O–H groups in total. The zero-order valence-electron chi connectivity index (χ0n) is 9.76. The average molecular weight is 417 g/mol. The molecule has 1 nitrogen and oxygen atoms in total. The summed E-state index contributed by atoms with van der Waals surface area (Å²) in [7, 11) is 0. The zero-order valence-corrected chi connectivity index (χ0v) is 15.1. The second-order valence-electron chi connectivity index (χ2n) is 6.18. The largest absolute Gasteiger partial charge is 0.391 e. The maximum absolute atomic E-state index is 10.3. The van der Waals surface area contributed by atoms with Crippen molar-refractivity contribution in [3.8, 4) is 0 Å². The SMILES string of the molecule is O[C@H]1[C@H](Cl)[C@@H]2C[C@H]1[C@@H]1[C@H]2[C@]2(Cl)C(Cl)=C(Cl)[C@@]1(Cl)C2(Cl)Cl. The quantitative estimate of drug-likeness (QED) is 0.448. The van der Waals surface area contributed by atoms with Crippen LogP contribution in [0.25, 0.3) is 0 Å². The van der Waals surface area contributed by atoms with Crippen LogP contribution in [0.5, 0.6) is 0 Å². The molecular formula is C12H9Cl7O. The third kappa shape index (κ3) is 1.21. The van der Waals surface area contributed by atoms with Crippen LogP contribution in [0.4, 0.5) is 0 Å². The van der Waals surface area contributed by atoms with E-state index in [1.165, 1.54) is 0 Å². The van der Waals surface area contributed by atoms with Crippen LogP contribution in [0.3, 0.4) is 0 Å². The number of aliphatic hydroxyl groups is 1. The summed E-state index contributed by atoms with van der Waals surface area (Å²) >= 11 is 45.5. The van der Waals surface area contributed by atoms with Gasteiger partial charge < -0.3 is 5.11 Å². The lowest BCUT2D eigenvalue weighted by Gasteiger charge is -2.42. The van der Waals surface area contributed by atoms with Crippen LogP contribution in [-0.2, 0) is 0 Å². The first kappa shape index (κ1) is 15.3. The Labute approximate surface area is 151 Å². The molecular weight excluding hydrogens is 408 g/mol. The molecule has 0 aromatic rings. The van der Waals surface area contributed by atoms with E-state index in [9.17, 15) is 5.11 Å². The van der Waals surface area contributed by atoms with Crippen molar-refractivity contribution in [1.82, 2.24) is 0 Å². The number of hydrogen-bond acceptors (Lipinski definition) is 1. The molecule has 4 aliphatic carbocycles. The minimum Gasteiger partial charge on any atom is -0.391 e. The standard InChI is InChI=1S/C12H9Cl7O/c13-6-2-1-3(7(6)20)5-4(2)10(16)8(14)9(15)11(5,17)12(10,18)19/h2-7,20H,1H2/t2-,3+,4+,5-,6-,7-,10+,11-/m1/s1. The Morgan fingerprint density at radius 2 is 1.35 bits per heavy atom. The summed E-state index contributed by atoms with van der Waals surface area (Å²) in [4.78, 5) is -2.51. The van der Waals surface area contributed by atoms with Gasteiger partial charge >= 0.3 is 0 Å². The van der Waals surface area contributed by atoms with Crippen molar-refractivity contribution in [1.29, 1.82) is 0 Å². The molecule has 0 radical (unpaired) electrons. The van der Waals surface area contributed by atoms with E-state index in [4.69, 9.17) is 81.2 Å². The first-order chi connectivity index (χ1) is 9.11. The van der Waals surface area contributed by atoms with Gasteiger partial charge in [0.05, 0.1) is 21.5 Å². The lowest BCUT2D eigenvalue weighted by molar-refractivity contribution is 0.0567. The summed E-state index contributed by atoms with van der Waals surface area (Å²) in [6.07, 6.45) is 0.0942. The summed E-state index contributed by atoms with van der Waals surface area (Å²) in [6, 6.07) is 0. The summed E-state index contributed by atoms with van der Waals surface area (Å²) in [5.41, 5.74) is 0. The molecule has 20 heavy (non-hydrogen) atoms. The first-order valence-corrected chi connectivity index (χ1v) is 8.96. The third-order valence-electron chi connectivity index (χ3n) is 5.69. The number of fused-ring (bicyclic) bond motifs is 9. The van der Waals surface area contributed by atoms with Crippen LogP contribution in [-0.4, -0.2) is 30.7 Å². The van der Waals surface area contributed by atoms with Gasteiger partial charge in [-0.3, -0.25) is 0 Å². The van der Waals surface area contributed by atoms with E-state index in [2.05, 4.69) is 0 Å². The van der Waals surface area contributed by atoms with Gasteiger partial charge in [-0.1, -0.05) is 46.4 Å². The van der Waals surface area contributed by atoms with E-state index in [0.717, 1.165) is 6.42 Å². The van der Waals surface area contributed by atoms with Gasteiger partial charge in [-0.2, -0.15) is 0 Å². The van der Waals surface area contributed by atoms with Crippen molar-refractivity contribution < 1.29 is 5.11 Å². The maximum atomic E-state index is 10.3. The predicted octanol–water partition coefficient (Wildman–Crippen LogP) is 4.68. The molecule has 0 amide bonds. The van der Waals surface area contributed by atoms with E-state index < -0.39 is 20.2 Å². The summed E-state index contributed by atoms with van der Waals surface area (Å²) < 4.78 is -1.52. The van der Waals surface area contributed by atoms with Crippen LogP contribution in [0.1, 0.15) is 6.42 Å². The molecule has 0 saturated heterocycles. The van der Waals surface area contributed by atoms with Gasteiger partial charge in [-0.05, 0) is 30.1 Å². The summed E-state index contributed by atoms with van der Waals surface area (Å²) in [5.74, 6) is -0.527. The van der Waals surface area contributed by atoms with Crippen molar-refractivity contribution in [2.45, 2.75) is 32.0 Å². The highest BCUT2D eigenvalue weighted by atomic mass is 35.5. The van der Waals surface area contributed by atoms with Crippen molar-refractivity contribution in [3.05, 3.63) is 10.1 Å². The van der Waals surface area contributed by atoms with Crippen molar-refractivity contribution in [2.75, 3.05) is 0 Å². The Morgan fingerprint density at radius 3 is 1.85 bits per heavy atom. The predicted molar refractivity (Wildman–Crippen MR) is 84.6 cm³/mol. The van der Waals surface area contributed by atoms with Gasteiger partial charge in [0.25, 0.3) is 0 Å². The van der Waals surface area contributed by atoms with E-state index in [0.29, 0.717) is 0 Å². The fourth-order valence-corrected chi connectivity index (χ4v) is 8.55. The van der Waals surface area contributed by atoms with Crippen LogP contribution < -0.4 is 0 Å². The van der Waals surface area contributed by atoms with Crippen LogP contribution in [0.2, 0.25) is 0 Å². The highest BCUT2D eigenvalue weighted by molar-refractivity contribution is 6.65. The van der Waals surface area contributed by atoms with Gasteiger partial charge in [0.15, 0.2) is 4.33 Å². The molecule has 4 aliphatic rings. The Kier molecular flexibility index (Phi) is 3.08. The molecule has 3 fully saturated rings. The molecule has 0 heterocycles. The van der Waals surface area contributed by atoms with Gasteiger partial charge in [-0.15, -0.1) is 34.8 Å². The second kappa shape index (κ2) is 4.03. The van der Waals surface area contributed by atoms with Gasteiger partial charge in [0, 0.05) is 0 Å². The van der Waals surface area contributed by atoms with Gasteiger partial charge in [-0.25, -0.2) is 0 Å². The Bertz CT molecular complexity index is 504. The summed E-state index contributed by atoms with van der Waals surface area (Å²) in [6.45, 7) is 0. The van der Waals surface area contributed by atoms with Crippen molar-refractivity contribution >= 4 is 81.2 Å². The topological polar surface area (TPSA) is 20.2 Å². The van der Waals surface area contributed by atoms with Crippen LogP contribution in [0.15, 0.2) is 10.1 Å². The van der Waals surface area contributed by atoms with Crippen LogP contribution in [0, 0.1) is 23.7 Å². The van der Waals surface area contributed by atoms with Gasteiger partial charge in [0.1, 0.15) is 9.75 Å². The highest BCUT2D eigenvalue weighted by Crippen LogP contribution is 2.82.